The summed E-state index contributed by atoms with van der Waals surface area (Å²) in [6.45, 7) is 1.96. The van der Waals surface area contributed by atoms with E-state index >= 15 is 0 Å². The number of aromatic nitrogens is 2. The van der Waals surface area contributed by atoms with Crippen molar-refractivity contribution in [3.63, 3.8) is 0 Å². The minimum absolute atomic E-state index is 0.0936. The molecule has 0 amide bonds. The van der Waals surface area contributed by atoms with E-state index in [4.69, 9.17) is 10.5 Å². The molecule has 0 unspecified atom stereocenters. The Morgan fingerprint density at radius 2 is 2.12 bits per heavy atom. The van der Waals surface area contributed by atoms with Crippen LogP contribution < -0.4 is 16.0 Å². The molecular formula is C12H13N3O2. The number of nitrogens with two attached hydrogens (primary N) is 1. The van der Waals surface area contributed by atoms with Crippen LogP contribution in [0.2, 0.25) is 0 Å². The SMILES string of the molecule is COc1ccc(C)cc1-c1cc(=O)[nH]c(N)n1. The average molecular weight is 231 g/mol. The van der Waals surface area contributed by atoms with Crippen LogP contribution in [0.15, 0.2) is 29.1 Å². The Balaban J connectivity index is 2.66. The summed E-state index contributed by atoms with van der Waals surface area (Å²) in [5.74, 6) is 0.754. The Morgan fingerprint density at radius 3 is 2.76 bits per heavy atom. The molecule has 0 atom stereocenters. The van der Waals surface area contributed by atoms with Crippen molar-refractivity contribution < 1.29 is 4.74 Å². The molecule has 0 aliphatic rings. The van der Waals surface area contributed by atoms with Crippen LogP contribution in [0.3, 0.4) is 0 Å². The van der Waals surface area contributed by atoms with Gasteiger partial charge in [0.05, 0.1) is 12.8 Å². The zero-order chi connectivity index (χ0) is 12.4. The molecule has 0 saturated heterocycles. The normalized spacial score (nSPS) is 10.2. The molecule has 1 heterocycles. The fourth-order valence-electron chi connectivity index (χ4n) is 1.64. The number of methoxy groups -OCH3 is 1. The second-order valence-electron chi connectivity index (χ2n) is 3.72. The molecule has 0 bridgehead atoms. The van der Waals surface area contributed by atoms with Gasteiger partial charge < -0.3 is 10.5 Å². The maximum Gasteiger partial charge on any atom is 0.252 e. The monoisotopic (exact) mass is 231 g/mol. The number of nitrogens with one attached hydrogen (secondary N) is 1. The summed E-state index contributed by atoms with van der Waals surface area (Å²) in [6.07, 6.45) is 0. The van der Waals surface area contributed by atoms with Gasteiger partial charge in [0, 0.05) is 11.6 Å². The van der Waals surface area contributed by atoms with Crippen molar-refractivity contribution in [2.45, 2.75) is 6.92 Å². The molecule has 3 N–H and O–H groups in total. The first-order chi connectivity index (χ1) is 8.10. The van der Waals surface area contributed by atoms with Crippen molar-refractivity contribution in [2.24, 2.45) is 0 Å². The van der Waals surface area contributed by atoms with Gasteiger partial charge >= 0.3 is 0 Å². The Labute approximate surface area is 98.3 Å². The van der Waals surface area contributed by atoms with E-state index in [-0.39, 0.29) is 11.5 Å². The molecule has 1 aromatic carbocycles. The van der Waals surface area contributed by atoms with Crippen LogP contribution in [0.25, 0.3) is 11.3 Å². The van der Waals surface area contributed by atoms with E-state index in [2.05, 4.69) is 9.97 Å². The Morgan fingerprint density at radius 1 is 1.35 bits per heavy atom. The largest absolute Gasteiger partial charge is 0.496 e. The van der Waals surface area contributed by atoms with Crippen LogP contribution in [0, 0.1) is 6.92 Å². The highest BCUT2D eigenvalue weighted by molar-refractivity contribution is 5.68. The lowest BCUT2D eigenvalue weighted by Gasteiger charge is -2.08. The molecule has 0 radical (unpaired) electrons. The smallest absolute Gasteiger partial charge is 0.252 e. The topological polar surface area (TPSA) is 81.0 Å². The minimum Gasteiger partial charge on any atom is -0.496 e. The number of hydrogen-bond donors (Lipinski definition) is 2. The van der Waals surface area contributed by atoms with Gasteiger partial charge in [-0.05, 0) is 19.1 Å². The summed E-state index contributed by atoms with van der Waals surface area (Å²) in [5.41, 5.74) is 7.56. The number of nitrogen functional groups attached to an aromatic ring is 1. The van der Waals surface area contributed by atoms with Crippen LogP contribution in [-0.4, -0.2) is 17.1 Å². The summed E-state index contributed by atoms with van der Waals surface area (Å²) < 4.78 is 5.24. The number of aryl methyl sites for hydroxylation is 1. The standard InChI is InChI=1S/C12H13N3O2/c1-7-3-4-10(17-2)8(5-7)9-6-11(16)15-12(13)14-9/h3-6H,1-2H3,(H3,13,14,15,16). The fraction of sp³-hybridized carbons (Fsp3) is 0.167. The second kappa shape index (κ2) is 4.29. The maximum atomic E-state index is 11.4. The quantitative estimate of drug-likeness (QED) is 0.817. The zero-order valence-electron chi connectivity index (χ0n) is 9.65. The van der Waals surface area contributed by atoms with Gasteiger partial charge in [-0.2, -0.15) is 0 Å². The molecule has 0 spiro atoms. The average Bonchev–Trinajstić information content (AvgIpc) is 2.27. The lowest BCUT2D eigenvalue weighted by molar-refractivity contribution is 0.416. The van der Waals surface area contributed by atoms with Gasteiger partial charge in [-0.3, -0.25) is 9.78 Å². The highest BCUT2D eigenvalue weighted by atomic mass is 16.5. The highest BCUT2D eigenvalue weighted by Gasteiger charge is 2.08. The van der Waals surface area contributed by atoms with Crippen LogP contribution in [0.5, 0.6) is 5.75 Å². The fourth-order valence-corrected chi connectivity index (χ4v) is 1.64. The van der Waals surface area contributed by atoms with Crippen molar-refractivity contribution >= 4 is 5.95 Å². The van der Waals surface area contributed by atoms with Gasteiger partial charge in [0.15, 0.2) is 0 Å². The van der Waals surface area contributed by atoms with E-state index in [9.17, 15) is 4.79 Å². The third-order valence-corrected chi connectivity index (χ3v) is 2.39. The van der Waals surface area contributed by atoms with Crippen molar-refractivity contribution in [3.8, 4) is 17.0 Å². The van der Waals surface area contributed by atoms with Crippen molar-refractivity contribution in [1.29, 1.82) is 0 Å². The lowest BCUT2D eigenvalue weighted by Crippen LogP contribution is -2.10. The van der Waals surface area contributed by atoms with Crippen molar-refractivity contribution in [3.05, 3.63) is 40.2 Å². The van der Waals surface area contributed by atoms with Gasteiger partial charge in [-0.1, -0.05) is 11.6 Å². The number of aromatic amines is 1. The predicted octanol–water partition coefficient (Wildman–Crippen LogP) is 1.34. The first-order valence-corrected chi connectivity index (χ1v) is 5.12. The van der Waals surface area contributed by atoms with E-state index in [0.29, 0.717) is 11.4 Å². The third kappa shape index (κ3) is 2.28. The molecule has 0 saturated carbocycles. The summed E-state index contributed by atoms with van der Waals surface area (Å²) in [6, 6.07) is 7.07. The maximum absolute atomic E-state index is 11.4. The van der Waals surface area contributed by atoms with Gasteiger partial charge in [-0.25, -0.2) is 4.98 Å². The third-order valence-electron chi connectivity index (χ3n) is 2.39. The van der Waals surface area contributed by atoms with Crippen LogP contribution in [0.4, 0.5) is 5.95 Å². The molecule has 1 aromatic heterocycles. The number of nitrogens with zero attached hydrogens (tertiary/aromatic N) is 1. The second-order valence-corrected chi connectivity index (χ2v) is 3.72. The summed E-state index contributed by atoms with van der Waals surface area (Å²) in [7, 11) is 1.57. The Bertz CT molecular complexity index is 605. The molecule has 0 aliphatic heterocycles. The highest BCUT2D eigenvalue weighted by Crippen LogP contribution is 2.28. The molecular weight excluding hydrogens is 218 g/mol. The summed E-state index contributed by atoms with van der Waals surface area (Å²) in [5, 5.41) is 0. The molecule has 5 nitrogen and oxygen atoms in total. The number of H-pyrrole nitrogens is 1. The predicted molar refractivity (Wildman–Crippen MR) is 66.0 cm³/mol. The van der Waals surface area contributed by atoms with Gasteiger partial charge in [0.25, 0.3) is 5.56 Å². The number of rotatable bonds is 2. The van der Waals surface area contributed by atoms with Crippen LogP contribution in [-0.2, 0) is 0 Å². The minimum atomic E-state index is -0.281. The van der Waals surface area contributed by atoms with E-state index in [1.807, 2.05) is 25.1 Å². The van der Waals surface area contributed by atoms with E-state index < -0.39 is 0 Å². The molecule has 0 aliphatic carbocycles. The zero-order valence-corrected chi connectivity index (χ0v) is 9.65. The Hall–Kier alpha value is -2.30. The number of ether oxygens (including phenoxy) is 1. The molecule has 88 valence electrons. The van der Waals surface area contributed by atoms with Crippen molar-refractivity contribution in [2.75, 3.05) is 12.8 Å². The molecule has 5 heteroatoms. The summed E-state index contributed by atoms with van der Waals surface area (Å²) >= 11 is 0. The van der Waals surface area contributed by atoms with Gasteiger partial charge in [0.1, 0.15) is 5.75 Å². The van der Waals surface area contributed by atoms with E-state index in [1.165, 1.54) is 6.07 Å². The van der Waals surface area contributed by atoms with Crippen LogP contribution in [0.1, 0.15) is 5.56 Å². The van der Waals surface area contributed by atoms with E-state index in [0.717, 1.165) is 11.1 Å². The molecule has 0 fully saturated rings. The summed E-state index contributed by atoms with van der Waals surface area (Å²) in [4.78, 5) is 17.9. The molecule has 2 rings (SSSR count). The number of hydrogen-bond acceptors (Lipinski definition) is 4. The van der Waals surface area contributed by atoms with Crippen LogP contribution >= 0.6 is 0 Å². The first kappa shape index (κ1) is 11.2. The molecule has 17 heavy (non-hydrogen) atoms. The molecule has 2 aromatic rings. The Kier molecular flexibility index (Phi) is 2.82. The van der Waals surface area contributed by atoms with Crippen molar-refractivity contribution in [1.82, 2.24) is 9.97 Å². The van der Waals surface area contributed by atoms with Gasteiger partial charge in [0.2, 0.25) is 5.95 Å². The lowest BCUT2D eigenvalue weighted by atomic mass is 10.1. The van der Waals surface area contributed by atoms with E-state index in [1.54, 1.807) is 7.11 Å². The number of anilines is 1. The first-order valence-electron chi connectivity index (χ1n) is 5.12. The van der Waals surface area contributed by atoms with Gasteiger partial charge in [-0.15, -0.1) is 0 Å². The number of benzene rings is 1.